The lowest BCUT2D eigenvalue weighted by Crippen LogP contribution is -2.29. The first kappa shape index (κ1) is 16.0. The highest BCUT2D eigenvalue weighted by molar-refractivity contribution is 5.77. The van der Waals surface area contributed by atoms with Crippen molar-refractivity contribution < 1.29 is 14.7 Å². The van der Waals surface area contributed by atoms with Gasteiger partial charge in [-0.25, -0.2) is 0 Å². The Hall–Kier alpha value is -2.04. The number of carboxylic acids is 1. The van der Waals surface area contributed by atoms with Crippen LogP contribution in [0, 0.1) is 0 Å². The van der Waals surface area contributed by atoms with Crippen molar-refractivity contribution in [3.05, 3.63) is 29.8 Å². The summed E-state index contributed by atoms with van der Waals surface area (Å²) in [6.07, 6.45) is 1.06. The van der Waals surface area contributed by atoms with Gasteiger partial charge in [0.05, 0.1) is 6.42 Å². The second-order valence-electron chi connectivity index (χ2n) is 5.02. The third-order valence-electron chi connectivity index (χ3n) is 3.17. The summed E-state index contributed by atoms with van der Waals surface area (Å²) in [7, 11) is 5.60. The lowest BCUT2D eigenvalue weighted by Gasteiger charge is -2.16. The molecule has 0 radical (unpaired) electrons. The number of rotatable bonds is 7. The monoisotopic (exact) mass is 278 g/mol. The molecule has 0 aliphatic heterocycles. The zero-order valence-corrected chi connectivity index (χ0v) is 12.3. The molecule has 0 heterocycles. The zero-order chi connectivity index (χ0) is 15.1. The van der Waals surface area contributed by atoms with Crippen molar-refractivity contribution in [1.82, 2.24) is 4.90 Å². The van der Waals surface area contributed by atoms with E-state index in [1.165, 1.54) is 4.90 Å². The van der Waals surface area contributed by atoms with Gasteiger partial charge in [0, 0.05) is 39.8 Å². The van der Waals surface area contributed by atoms with Gasteiger partial charge < -0.3 is 14.9 Å². The number of amides is 1. The Kier molecular flexibility index (Phi) is 6.03. The van der Waals surface area contributed by atoms with Crippen molar-refractivity contribution in [2.75, 3.05) is 32.6 Å². The van der Waals surface area contributed by atoms with E-state index in [0.717, 1.165) is 11.3 Å². The molecule has 1 aromatic rings. The molecule has 1 aromatic carbocycles. The first-order valence-corrected chi connectivity index (χ1v) is 6.62. The fourth-order valence-electron chi connectivity index (χ4n) is 1.79. The van der Waals surface area contributed by atoms with Crippen molar-refractivity contribution in [3.8, 4) is 0 Å². The minimum atomic E-state index is -0.885. The number of benzene rings is 1. The lowest BCUT2D eigenvalue weighted by atomic mass is 10.1. The third-order valence-corrected chi connectivity index (χ3v) is 3.17. The molecule has 0 aromatic heterocycles. The van der Waals surface area contributed by atoms with Crippen LogP contribution in [0.4, 0.5) is 5.69 Å². The number of carbonyl (C=O) groups is 2. The molecular weight excluding hydrogens is 256 g/mol. The summed E-state index contributed by atoms with van der Waals surface area (Å²) in [6, 6.07) is 8.07. The average molecular weight is 278 g/mol. The number of aliphatic carboxylic acids is 1. The highest BCUT2D eigenvalue weighted by Crippen LogP contribution is 2.13. The summed E-state index contributed by atoms with van der Waals surface area (Å²) in [6.45, 7) is 0.258. The van der Waals surface area contributed by atoms with Crippen molar-refractivity contribution >= 4 is 17.6 Å². The Morgan fingerprint density at radius 1 is 1.05 bits per heavy atom. The standard InChI is InChI=1S/C15H22N2O3/c1-16(2)13-7-4-12(5-8-13)6-9-14(18)17(3)11-10-15(19)20/h4-5,7-8H,6,9-11H2,1-3H3,(H,19,20). The maximum absolute atomic E-state index is 11.8. The van der Waals surface area contributed by atoms with Crippen molar-refractivity contribution in [2.24, 2.45) is 0 Å². The van der Waals surface area contributed by atoms with Crippen LogP contribution >= 0.6 is 0 Å². The Bertz CT molecular complexity index is 455. The van der Waals surface area contributed by atoms with Gasteiger partial charge in [-0.2, -0.15) is 0 Å². The van der Waals surface area contributed by atoms with Crippen LogP contribution in [0.3, 0.4) is 0 Å². The fourth-order valence-corrected chi connectivity index (χ4v) is 1.79. The van der Waals surface area contributed by atoms with Crippen molar-refractivity contribution in [3.63, 3.8) is 0 Å². The van der Waals surface area contributed by atoms with E-state index in [2.05, 4.69) is 0 Å². The first-order chi connectivity index (χ1) is 9.40. The van der Waals surface area contributed by atoms with E-state index in [-0.39, 0.29) is 18.9 Å². The molecule has 5 nitrogen and oxygen atoms in total. The number of aryl methyl sites for hydroxylation is 1. The molecule has 1 N–H and O–H groups in total. The summed E-state index contributed by atoms with van der Waals surface area (Å²) in [4.78, 5) is 25.8. The second-order valence-corrected chi connectivity index (χ2v) is 5.02. The van der Waals surface area contributed by atoms with Crippen LogP contribution in [0.25, 0.3) is 0 Å². The number of carbonyl (C=O) groups excluding carboxylic acids is 1. The maximum Gasteiger partial charge on any atom is 0.305 e. The highest BCUT2D eigenvalue weighted by atomic mass is 16.4. The van der Waals surface area contributed by atoms with Gasteiger partial charge in [-0.15, -0.1) is 0 Å². The van der Waals surface area contributed by atoms with E-state index in [4.69, 9.17) is 5.11 Å². The molecule has 20 heavy (non-hydrogen) atoms. The molecule has 1 rings (SSSR count). The van der Waals surface area contributed by atoms with Crippen molar-refractivity contribution in [2.45, 2.75) is 19.3 Å². The highest BCUT2D eigenvalue weighted by Gasteiger charge is 2.10. The van der Waals surface area contributed by atoms with Gasteiger partial charge in [0.1, 0.15) is 0 Å². The minimum Gasteiger partial charge on any atom is -0.481 e. The summed E-state index contributed by atoms with van der Waals surface area (Å²) >= 11 is 0. The molecule has 5 heteroatoms. The van der Waals surface area contributed by atoms with E-state index in [1.54, 1.807) is 7.05 Å². The second kappa shape index (κ2) is 7.53. The van der Waals surface area contributed by atoms with Crippen LogP contribution in [0.2, 0.25) is 0 Å². The molecule has 0 aliphatic rings. The normalized spacial score (nSPS) is 10.2. The topological polar surface area (TPSA) is 60.9 Å². The molecule has 0 saturated carbocycles. The number of carboxylic acid groups (broad SMARTS) is 1. The van der Waals surface area contributed by atoms with E-state index in [9.17, 15) is 9.59 Å². The van der Waals surface area contributed by atoms with Gasteiger partial charge in [0.2, 0.25) is 5.91 Å². The molecule has 0 bridgehead atoms. The molecule has 0 atom stereocenters. The first-order valence-electron chi connectivity index (χ1n) is 6.62. The Morgan fingerprint density at radius 3 is 2.15 bits per heavy atom. The molecule has 0 saturated heterocycles. The molecule has 110 valence electrons. The Balaban J connectivity index is 2.42. The van der Waals surface area contributed by atoms with Gasteiger partial charge in [0.15, 0.2) is 0 Å². The third kappa shape index (κ3) is 5.30. The van der Waals surface area contributed by atoms with Crippen LogP contribution in [-0.2, 0) is 16.0 Å². The van der Waals surface area contributed by atoms with Gasteiger partial charge >= 0.3 is 5.97 Å². The van der Waals surface area contributed by atoms with Gasteiger partial charge in [0.25, 0.3) is 0 Å². The van der Waals surface area contributed by atoms with E-state index < -0.39 is 5.97 Å². The zero-order valence-electron chi connectivity index (χ0n) is 12.3. The summed E-state index contributed by atoms with van der Waals surface area (Å²) in [5, 5.41) is 8.58. The van der Waals surface area contributed by atoms with Crippen LogP contribution in [-0.4, -0.2) is 49.6 Å². The molecule has 0 unspecified atom stereocenters. The fraction of sp³-hybridized carbons (Fsp3) is 0.467. The van der Waals surface area contributed by atoms with Gasteiger partial charge in [-0.1, -0.05) is 12.1 Å². The number of hydrogen-bond donors (Lipinski definition) is 1. The van der Waals surface area contributed by atoms with E-state index in [1.807, 2.05) is 43.3 Å². The molecule has 0 fully saturated rings. The van der Waals surface area contributed by atoms with E-state index in [0.29, 0.717) is 12.8 Å². The number of hydrogen-bond acceptors (Lipinski definition) is 3. The van der Waals surface area contributed by atoms with Gasteiger partial charge in [-0.3, -0.25) is 9.59 Å². The maximum atomic E-state index is 11.8. The quantitative estimate of drug-likeness (QED) is 0.823. The Morgan fingerprint density at radius 2 is 1.65 bits per heavy atom. The predicted molar refractivity (Wildman–Crippen MR) is 79.0 cm³/mol. The summed E-state index contributed by atoms with van der Waals surface area (Å²) in [5.41, 5.74) is 2.23. The lowest BCUT2D eigenvalue weighted by molar-refractivity contribution is -0.138. The predicted octanol–water partition coefficient (Wildman–Crippen LogP) is 1.62. The molecule has 0 spiro atoms. The summed E-state index contributed by atoms with van der Waals surface area (Å²) in [5.74, 6) is -0.910. The molecular formula is C15H22N2O3. The summed E-state index contributed by atoms with van der Waals surface area (Å²) < 4.78 is 0. The van der Waals surface area contributed by atoms with Crippen LogP contribution in [0.1, 0.15) is 18.4 Å². The van der Waals surface area contributed by atoms with Crippen LogP contribution in [0.5, 0.6) is 0 Å². The van der Waals surface area contributed by atoms with Gasteiger partial charge in [-0.05, 0) is 24.1 Å². The molecule has 0 aliphatic carbocycles. The minimum absolute atomic E-state index is 0.0141. The smallest absolute Gasteiger partial charge is 0.305 e. The van der Waals surface area contributed by atoms with Crippen molar-refractivity contribution in [1.29, 1.82) is 0 Å². The van der Waals surface area contributed by atoms with Crippen LogP contribution in [0.15, 0.2) is 24.3 Å². The largest absolute Gasteiger partial charge is 0.481 e. The van der Waals surface area contributed by atoms with E-state index >= 15 is 0 Å². The number of nitrogens with zero attached hydrogens (tertiary/aromatic N) is 2. The van der Waals surface area contributed by atoms with Crippen LogP contribution < -0.4 is 4.90 Å². The number of anilines is 1. The average Bonchev–Trinajstić information content (AvgIpc) is 2.42. The molecule has 1 amide bonds. The SMILES string of the molecule is CN(CCC(=O)O)C(=O)CCc1ccc(N(C)C)cc1. The Labute approximate surface area is 119 Å².